The highest BCUT2D eigenvalue weighted by Crippen LogP contribution is 2.10. The van der Waals surface area contributed by atoms with Crippen LogP contribution in [0.3, 0.4) is 0 Å². The van der Waals surface area contributed by atoms with E-state index in [4.69, 9.17) is 5.26 Å². The van der Waals surface area contributed by atoms with Crippen LogP contribution in [0.2, 0.25) is 0 Å². The molecule has 0 aliphatic heterocycles. The van der Waals surface area contributed by atoms with Gasteiger partial charge in [0.1, 0.15) is 6.54 Å². The molecular weight excluding hydrogens is 266 g/mol. The lowest BCUT2D eigenvalue weighted by Gasteiger charge is -2.12. The summed E-state index contributed by atoms with van der Waals surface area (Å²) in [4.78, 5) is 23.4. The molecule has 0 unspecified atom stereocenters. The molecule has 0 radical (unpaired) electrons. The Morgan fingerprint density at radius 2 is 2.00 bits per heavy atom. The van der Waals surface area contributed by atoms with Crippen LogP contribution in [0.5, 0.6) is 0 Å². The van der Waals surface area contributed by atoms with Crippen LogP contribution >= 0.6 is 0 Å². The molecule has 0 bridgehead atoms. The van der Waals surface area contributed by atoms with Gasteiger partial charge in [0, 0.05) is 12.1 Å². The fourth-order valence-electron chi connectivity index (χ4n) is 1.87. The number of hydrogen-bond donors (Lipinski definition) is 2. The summed E-state index contributed by atoms with van der Waals surface area (Å²) < 4.78 is 0. The van der Waals surface area contributed by atoms with Crippen LogP contribution in [0, 0.1) is 11.3 Å². The summed E-state index contributed by atoms with van der Waals surface area (Å²) in [5.41, 5.74) is 1.88. The van der Waals surface area contributed by atoms with Crippen molar-refractivity contribution in [3.05, 3.63) is 47.2 Å². The Morgan fingerprint density at radius 1 is 1.29 bits per heavy atom. The van der Waals surface area contributed by atoms with Crippen LogP contribution in [0.25, 0.3) is 0 Å². The number of hydrogen-bond acceptors (Lipinski definition) is 4. The second kappa shape index (κ2) is 8.54. The van der Waals surface area contributed by atoms with E-state index in [9.17, 15) is 9.59 Å². The highest BCUT2D eigenvalue weighted by atomic mass is 16.2. The monoisotopic (exact) mass is 285 g/mol. The standard InChI is InChI=1S/C16H19N3O2/c1-3-6-15(16(21)18-10-9-17)19-11-13-7-4-5-8-14(13)12(2)20/h4-8,19H,3,10-11H2,1-2H3,(H,18,21)/b15-6+. The van der Waals surface area contributed by atoms with Crippen LogP contribution in [-0.4, -0.2) is 18.2 Å². The van der Waals surface area contributed by atoms with Crippen molar-refractivity contribution in [2.45, 2.75) is 26.8 Å². The molecule has 0 heterocycles. The number of benzene rings is 1. The van der Waals surface area contributed by atoms with Crippen LogP contribution in [-0.2, 0) is 11.3 Å². The van der Waals surface area contributed by atoms with Crippen LogP contribution in [0.15, 0.2) is 36.0 Å². The molecule has 0 aromatic heterocycles. The third kappa shape index (κ3) is 5.11. The Kier molecular flexibility index (Phi) is 6.69. The zero-order valence-electron chi connectivity index (χ0n) is 12.3. The summed E-state index contributed by atoms with van der Waals surface area (Å²) >= 11 is 0. The molecule has 0 atom stereocenters. The first-order chi connectivity index (χ1) is 10.1. The normalized spacial score (nSPS) is 10.6. The van der Waals surface area contributed by atoms with Gasteiger partial charge in [-0.25, -0.2) is 0 Å². The van der Waals surface area contributed by atoms with E-state index >= 15 is 0 Å². The van der Waals surface area contributed by atoms with Crippen molar-refractivity contribution in [2.24, 2.45) is 0 Å². The lowest BCUT2D eigenvalue weighted by atomic mass is 10.0. The maximum absolute atomic E-state index is 11.9. The second-order valence-electron chi connectivity index (χ2n) is 4.43. The van der Waals surface area contributed by atoms with Crippen molar-refractivity contribution < 1.29 is 9.59 Å². The minimum atomic E-state index is -0.321. The van der Waals surface area contributed by atoms with Crippen molar-refractivity contribution in [3.8, 4) is 6.07 Å². The van der Waals surface area contributed by atoms with Gasteiger partial charge in [0.05, 0.1) is 11.8 Å². The van der Waals surface area contributed by atoms with Gasteiger partial charge in [0.15, 0.2) is 5.78 Å². The summed E-state index contributed by atoms with van der Waals surface area (Å²) in [5, 5.41) is 14.0. The van der Waals surface area contributed by atoms with E-state index in [0.717, 1.165) is 5.56 Å². The molecule has 110 valence electrons. The van der Waals surface area contributed by atoms with E-state index in [-0.39, 0.29) is 18.2 Å². The van der Waals surface area contributed by atoms with Crippen LogP contribution in [0.4, 0.5) is 0 Å². The van der Waals surface area contributed by atoms with Crippen molar-refractivity contribution in [3.63, 3.8) is 0 Å². The smallest absolute Gasteiger partial charge is 0.267 e. The number of carbonyl (C=O) groups excluding carboxylic acids is 2. The van der Waals surface area contributed by atoms with Gasteiger partial charge >= 0.3 is 0 Å². The summed E-state index contributed by atoms with van der Waals surface area (Å²) in [6.07, 6.45) is 2.44. The third-order valence-electron chi connectivity index (χ3n) is 2.85. The lowest BCUT2D eigenvalue weighted by Crippen LogP contribution is -2.32. The minimum absolute atomic E-state index is 0.0117. The second-order valence-corrected chi connectivity index (χ2v) is 4.43. The number of nitrogens with one attached hydrogen (secondary N) is 2. The largest absolute Gasteiger partial charge is 0.377 e. The molecule has 0 saturated heterocycles. The zero-order chi connectivity index (χ0) is 15.7. The van der Waals surface area contributed by atoms with E-state index in [1.54, 1.807) is 12.1 Å². The summed E-state index contributed by atoms with van der Waals surface area (Å²) in [6.45, 7) is 3.77. The zero-order valence-corrected chi connectivity index (χ0v) is 12.3. The molecular formula is C16H19N3O2. The third-order valence-corrected chi connectivity index (χ3v) is 2.85. The molecule has 5 nitrogen and oxygen atoms in total. The average Bonchev–Trinajstić information content (AvgIpc) is 2.49. The number of nitrogens with zero attached hydrogens (tertiary/aromatic N) is 1. The van der Waals surface area contributed by atoms with Gasteiger partial charge in [-0.15, -0.1) is 0 Å². The molecule has 0 aliphatic rings. The number of carbonyl (C=O) groups is 2. The number of rotatable bonds is 7. The van der Waals surface area contributed by atoms with Crippen molar-refractivity contribution >= 4 is 11.7 Å². The predicted octanol–water partition coefficient (Wildman–Crippen LogP) is 1.91. The Morgan fingerprint density at radius 3 is 2.62 bits per heavy atom. The number of allylic oxidation sites excluding steroid dienone is 1. The maximum atomic E-state index is 11.9. The molecule has 0 spiro atoms. The highest BCUT2D eigenvalue weighted by Gasteiger charge is 2.10. The van der Waals surface area contributed by atoms with Gasteiger partial charge in [-0.05, 0) is 18.9 Å². The molecule has 0 aliphatic carbocycles. The number of ketones is 1. The lowest BCUT2D eigenvalue weighted by molar-refractivity contribution is -0.117. The topological polar surface area (TPSA) is 82.0 Å². The average molecular weight is 285 g/mol. The highest BCUT2D eigenvalue weighted by molar-refractivity contribution is 5.95. The first kappa shape index (κ1) is 16.4. The van der Waals surface area contributed by atoms with E-state index < -0.39 is 0 Å². The fraction of sp³-hybridized carbons (Fsp3) is 0.312. The molecule has 1 aromatic carbocycles. The van der Waals surface area contributed by atoms with Crippen molar-refractivity contribution in [1.82, 2.24) is 10.6 Å². The van der Waals surface area contributed by atoms with Crippen LogP contribution in [0.1, 0.15) is 36.2 Å². The SMILES string of the molecule is CC/C=C(/NCc1ccccc1C(C)=O)C(=O)NCC#N. The maximum Gasteiger partial charge on any atom is 0.267 e. The molecule has 21 heavy (non-hydrogen) atoms. The van der Waals surface area contributed by atoms with Gasteiger partial charge < -0.3 is 10.6 Å². The summed E-state index contributed by atoms with van der Waals surface area (Å²) in [5.74, 6) is -0.332. The number of Topliss-reactive ketones (excluding diaryl/α,β-unsaturated/α-hetero) is 1. The van der Waals surface area contributed by atoms with Gasteiger partial charge in [-0.3, -0.25) is 9.59 Å². The molecule has 5 heteroatoms. The summed E-state index contributed by atoms with van der Waals surface area (Å²) in [7, 11) is 0. The first-order valence-electron chi connectivity index (χ1n) is 6.78. The quantitative estimate of drug-likeness (QED) is 0.455. The molecule has 1 amide bonds. The Hall–Kier alpha value is -2.61. The predicted molar refractivity (Wildman–Crippen MR) is 80.3 cm³/mol. The molecule has 1 aromatic rings. The fourth-order valence-corrected chi connectivity index (χ4v) is 1.87. The van der Waals surface area contributed by atoms with Gasteiger partial charge in [0.2, 0.25) is 0 Å². The molecule has 0 saturated carbocycles. The Labute approximate surface area is 124 Å². The Balaban J connectivity index is 2.79. The van der Waals surface area contributed by atoms with E-state index in [0.29, 0.717) is 24.2 Å². The van der Waals surface area contributed by atoms with Crippen molar-refractivity contribution in [2.75, 3.05) is 6.54 Å². The van der Waals surface area contributed by atoms with Gasteiger partial charge in [-0.2, -0.15) is 5.26 Å². The van der Waals surface area contributed by atoms with E-state index in [1.165, 1.54) is 6.92 Å². The molecule has 1 rings (SSSR count). The number of amides is 1. The van der Waals surface area contributed by atoms with E-state index in [1.807, 2.05) is 31.2 Å². The Bertz CT molecular complexity index is 585. The van der Waals surface area contributed by atoms with Crippen LogP contribution < -0.4 is 10.6 Å². The van der Waals surface area contributed by atoms with Crippen molar-refractivity contribution in [1.29, 1.82) is 5.26 Å². The number of nitriles is 1. The molecule has 2 N–H and O–H groups in total. The summed E-state index contributed by atoms with van der Waals surface area (Å²) in [6, 6.07) is 9.13. The van der Waals surface area contributed by atoms with Gasteiger partial charge in [0.25, 0.3) is 5.91 Å². The minimum Gasteiger partial charge on any atom is -0.377 e. The first-order valence-corrected chi connectivity index (χ1v) is 6.78. The molecule has 0 fully saturated rings. The van der Waals surface area contributed by atoms with E-state index in [2.05, 4.69) is 10.6 Å². The van der Waals surface area contributed by atoms with Gasteiger partial charge in [-0.1, -0.05) is 37.3 Å².